The molecule has 96 valence electrons. The van der Waals surface area contributed by atoms with E-state index < -0.39 is 10.0 Å². The monoisotopic (exact) mass is 332 g/mol. The quantitative estimate of drug-likeness (QED) is 0.677. The second-order valence-electron chi connectivity index (χ2n) is 3.34. The molecule has 0 aliphatic rings. The lowest BCUT2D eigenvalue weighted by atomic mass is 10.3. The molecule has 0 fully saturated rings. The number of benzene rings is 1. The summed E-state index contributed by atoms with van der Waals surface area (Å²) in [5.41, 5.74) is 5.97. The Morgan fingerprint density at radius 3 is 2.83 bits per heavy atom. The molecular formula is C8H9BrN6O2S. The first-order valence-electron chi connectivity index (χ1n) is 4.76. The first kappa shape index (κ1) is 12.9. The van der Waals surface area contributed by atoms with Gasteiger partial charge in [-0.15, -0.1) is 10.2 Å². The van der Waals surface area contributed by atoms with E-state index >= 15 is 0 Å². The number of nitrogens with two attached hydrogens (primary N) is 1. The molecule has 2 aromatic rings. The standard InChI is InChI=1S/C8H9BrN6O2S/c9-6-2-1-5(3-7(6)10)18(16,17)11-4-8-12-14-15-13-8/h1-3,11H,4,10H2,(H,12,13,14,15). The lowest BCUT2D eigenvalue weighted by Crippen LogP contribution is -2.24. The van der Waals surface area contributed by atoms with E-state index in [1.807, 2.05) is 0 Å². The molecule has 4 N–H and O–H groups in total. The molecule has 2 rings (SSSR count). The molecule has 0 radical (unpaired) electrons. The third-order valence-corrected chi connectivity index (χ3v) is 4.21. The predicted octanol–water partition coefficient (Wildman–Crippen LogP) is 0.0229. The van der Waals surface area contributed by atoms with Crippen LogP contribution in [0.1, 0.15) is 5.82 Å². The lowest BCUT2D eigenvalue weighted by molar-refractivity contribution is 0.579. The minimum Gasteiger partial charge on any atom is -0.398 e. The summed E-state index contributed by atoms with van der Waals surface area (Å²) < 4.78 is 26.8. The van der Waals surface area contributed by atoms with Crippen LogP contribution in [0.2, 0.25) is 0 Å². The number of hydrogen-bond donors (Lipinski definition) is 3. The van der Waals surface area contributed by atoms with Gasteiger partial charge in [0.15, 0.2) is 5.82 Å². The van der Waals surface area contributed by atoms with Crippen molar-refractivity contribution in [1.82, 2.24) is 25.3 Å². The van der Waals surface area contributed by atoms with Gasteiger partial charge in [0.05, 0.1) is 11.4 Å². The van der Waals surface area contributed by atoms with Gasteiger partial charge in [-0.2, -0.15) is 5.21 Å². The van der Waals surface area contributed by atoms with Crippen molar-refractivity contribution in [2.75, 3.05) is 5.73 Å². The molecule has 0 atom stereocenters. The molecule has 18 heavy (non-hydrogen) atoms. The maximum absolute atomic E-state index is 11.9. The van der Waals surface area contributed by atoms with Crippen LogP contribution in [0.4, 0.5) is 5.69 Å². The summed E-state index contributed by atoms with van der Waals surface area (Å²) in [6, 6.07) is 4.37. The summed E-state index contributed by atoms with van der Waals surface area (Å²) in [5, 5.41) is 12.8. The Morgan fingerprint density at radius 1 is 1.44 bits per heavy atom. The molecule has 0 aliphatic carbocycles. The smallest absolute Gasteiger partial charge is 0.241 e. The van der Waals surface area contributed by atoms with E-state index in [0.717, 1.165) is 0 Å². The van der Waals surface area contributed by atoms with E-state index in [1.54, 1.807) is 6.07 Å². The van der Waals surface area contributed by atoms with E-state index in [2.05, 4.69) is 41.3 Å². The summed E-state index contributed by atoms with van der Waals surface area (Å²) in [6.07, 6.45) is 0. The van der Waals surface area contributed by atoms with Gasteiger partial charge in [-0.3, -0.25) is 0 Å². The molecule has 1 aromatic heterocycles. The van der Waals surface area contributed by atoms with Gasteiger partial charge in [0.25, 0.3) is 0 Å². The zero-order valence-electron chi connectivity index (χ0n) is 8.96. The summed E-state index contributed by atoms with van der Waals surface area (Å²) >= 11 is 3.19. The summed E-state index contributed by atoms with van der Waals surface area (Å²) in [5.74, 6) is 0.253. The summed E-state index contributed by atoms with van der Waals surface area (Å²) in [6.45, 7) is -0.0468. The third kappa shape index (κ3) is 2.83. The minimum absolute atomic E-state index is 0.0468. The number of aromatic amines is 1. The van der Waals surface area contributed by atoms with Crippen molar-refractivity contribution in [2.45, 2.75) is 11.4 Å². The Labute approximate surface area is 111 Å². The number of tetrazole rings is 1. The number of halogens is 1. The van der Waals surface area contributed by atoms with Gasteiger partial charge in [0.2, 0.25) is 10.0 Å². The predicted molar refractivity (Wildman–Crippen MR) is 66.8 cm³/mol. The van der Waals surface area contributed by atoms with Gasteiger partial charge in [0, 0.05) is 10.2 Å². The number of nitrogen functional groups attached to an aromatic ring is 1. The minimum atomic E-state index is -3.65. The fraction of sp³-hybridized carbons (Fsp3) is 0.125. The molecule has 8 nitrogen and oxygen atoms in total. The van der Waals surface area contributed by atoms with Gasteiger partial charge in [-0.25, -0.2) is 13.1 Å². The Bertz CT molecular complexity index is 642. The number of sulfonamides is 1. The topological polar surface area (TPSA) is 127 Å². The first-order chi connectivity index (χ1) is 8.49. The van der Waals surface area contributed by atoms with Crippen LogP contribution in [-0.4, -0.2) is 29.0 Å². The van der Waals surface area contributed by atoms with Crippen LogP contribution in [0.3, 0.4) is 0 Å². The second kappa shape index (κ2) is 5.00. The largest absolute Gasteiger partial charge is 0.398 e. The van der Waals surface area contributed by atoms with E-state index in [1.165, 1.54) is 12.1 Å². The van der Waals surface area contributed by atoms with Crippen LogP contribution in [0.5, 0.6) is 0 Å². The SMILES string of the molecule is Nc1cc(S(=O)(=O)NCc2nn[nH]n2)ccc1Br. The van der Waals surface area contributed by atoms with Crippen LogP contribution in [-0.2, 0) is 16.6 Å². The highest BCUT2D eigenvalue weighted by Crippen LogP contribution is 2.22. The molecule has 0 saturated carbocycles. The average Bonchev–Trinajstić information content (AvgIpc) is 2.83. The molecular weight excluding hydrogens is 324 g/mol. The van der Waals surface area contributed by atoms with Crippen LogP contribution in [0, 0.1) is 0 Å². The Hall–Kier alpha value is -1.52. The molecule has 1 aromatic carbocycles. The molecule has 0 bridgehead atoms. The second-order valence-corrected chi connectivity index (χ2v) is 5.96. The van der Waals surface area contributed by atoms with E-state index in [0.29, 0.717) is 10.2 Å². The molecule has 0 unspecified atom stereocenters. The average molecular weight is 333 g/mol. The first-order valence-corrected chi connectivity index (χ1v) is 7.03. The number of aromatic nitrogens is 4. The molecule has 0 amide bonds. The fourth-order valence-corrected chi connectivity index (χ4v) is 2.45. The van der Waals surface area contributed by atoms with Gasteiger partial charge in [0.1, 0.15) is 0 Å². The van der Waals surface area contributed by atoms with Crippen molar-refractivity contribution >= 4 is 31.6 Å². The van der Waals surface area contributed by atoms with Crippen molar-refractivity contribution in [3.8, 4) is 0 Å². The van der Waals surface area contributed by atoms with Crippen molar-refractivity contribution in [3.05, 3.63) is 28.5 Å². The van der Waals surface area contributed by atoms with Crippen LogP contribution in [0.25, 0.3) is 0 Å². The van der Waals surface area contributed by atoms with Crippen LogP contribution < -0.4 is 10.5 Å². The molecule has 10 heteroatoms. The maximum Gasteiger partial charge on any atom is 0.241 e. The number of H-pyrrole nitrogens is 1. The zero-order chi connectivity index (χ0) is 13.2. The van der Waals surface area contributed by atoms with Gasteiger partial charge < -0.3 is 5.73 Å². The van der Waals surface area contributed by atoms with Gasteiger partial charge in [-0.05, 0) is 34.1 Å². The van der Waals surface area contributed by atoms with Crippen molar-refractivity contribution in [3.63, 3.8) is 0 Å². The highest BCUT2D eigenvalue weighted by atomic mass is 79.9. The Balaban J connectivity index is 2.17. The van der Waals surface area contributed by atoms with E-state index in [4.69, 9.17) is 5.73 Å². The van der Waals surface area contributed by atoms with E-state index in [-0.39, 0.29) is 17.3 Å². The fourth-order valence-electron chi connectivity index (χ4n) is 1.19. The maximum atomic E-state index is 11.9. The van der Waals surface area contributed by atoms with Crippen molar-refractivity contribution in [1.29, 1.82) is 0 Å². The molecule has 0 spiro atoms. The van der Waals surface area contributed by atoms with Crippen LogP contribution >= 0.6 is 15.9 Å². The van der Waals surface area contributed by atoms with Gasteiger partial charge in [-0.1, -0.05) is 5.21 Å². The van der Waals surface area contributed by atoms with Crippen LogP contribution in [0.15, 0.2) is 27.6 Å². The van der Waals surface area contributed by atoms with Gasteiger partial charge >= 0.3 is 0 Å². The third-order valence-electron chi connectivity index (χ3n) is 2.09. The Kier molecular flexibility index (Phi) is 3.59. The number of nitrogens with one attached hydrogen (secondary N) is 2. The summed E-state index contributed by atoms with van der Waals surface area (Å²) in [7, 11) is -3.65. The number of anilines is 1. The lowest BCUT2D eigenvalue weighted by Gasteiger charge is -2.06. The number of nitrogens with zero attached hydrogens (tertiary/aromatic N) is 3. The van der Waals surface area contributed by atoms with E-state index in [9.17, 15) is 8.42 Å². The number of rotatable bonds is 4. The van der Waals surface area contributed by atoms with Crippen molar-refractivity contribution < 1.29 is 8.42 Å². The highest BCUT2D eigenvalue weighted by Gasteiger charge is 2.15. The Morgan fingerprint density at radius 2 is 2.22 bits per heavy atom. The molecule has 0 saturated heterocycles. The zero-order valence-corrected chi connectivity index (χ0v) is 11.4. The van der Waals surface area contributed by atoms with Crippen molar-refractivity contribution in [2.24, 2.45) is 0 Å². The normalized spacial score (nSPS) is 11.6. The summed E-state index contributed by atoms with van der Waals surface area (Å²) in [4.78, 5) is 0.0756. The highest BCUT2D eigenvalue weighted by molar-refractivity contribution is 9.10. The molecule has 0 aliphatic heterocycles. The molecule has 1 heterocycles. The number of hydrogen-bond acceptors (Lipinski definition) is 6.